The molecule has 0 bridgehead atoms. The first-order valence-electron chi connectivity index (χ1n) is 7.32. The molecule has 0 spiro atoms. The summed E-state index contributed by atoms with van der Waals surface area (Å²) in [6, 6.07) is 11.5. The number of ketones is 1. The van der Waals surface area contributed by atoms with Crippen LogP contribution in [0.3, 0.4) is 0 Å². The van der Waals surface area contributed by atoms with E-state index in [1.807, 2.05) is 13.8 Å². The summed E-state index contributed by atoms with van der Waals surface area (Å²) in [5.41, 5.74) is 1.14. The Kier molecular flexibility index (Phi) is 5.52. The Morgan fingerprint density at radius 2 is 1.83 bits per heavy atom. The minimum atomic E-state index is -0.461. The third-order valence-corrected chi connectivity index (χ3v) is 3.11. The summed E-state index contributed by atoms with van der Waals surface area (Å²) in [6.07, 6.45) is 3.07. The largest absolute Gasteiger partial charge is 0.494 e. The van der Waals surface area contributed by atoms with E-state index in [9.17, 15) is 9.18 Å². The van der Waals surface area contributed by atoms with E-state index >= 15 is 0 Å². The fourth-order valence-corrected chi connectivity index (χ4v) is 2.02. The SMILES string of the molecule is COc1ccc(C=CC(=O)c2ccc(OC(C)C)cc2)cc1F. The van der Waals surface area contributed by atoms with Gasteiger partial charge in [0.2, 0.25) is 0 Å². The van der Waals surface area contributed by atoms with Gasteiger partial charge in [-0.25, -0.2) is 4.39 Å². The van der Waals surface area contributed by atoms with E-state index in [0.29, 0.717) is 11.1 Å². The van der Waals surface area contributed by atoms with Crippen LogP contribution in [0.1, 0.15) is 29.8 Å². The van der Waals surface area contributed by atoms with Crippen molar-refractivity contribution >= 4 is 11.9 Å². The van der Waals surface area contributed by atoms with Crippen LogP contribution in [0.5, 0.6) is 11.5 Å². The highest BCUT2D eigenvalue weighted by atomic mass is 19.1. The number of hydrogen-bond donors (Lipinski definition) is 0. The van der Waals surface area contributed by atoms with Crippen LogP contribution in [0.25, 0.3) is 6.08 Å². The molecular weight excluding hydrogens is 295 g/mol. The second-order valence-electron chi connectivity index (χ2n) is 5.28. The highest BCUT2D eigenvalue weighted by Gasteiger charge is 2.05. The number of hydrogen-bond acceptors (Lipinski definition) is 3. The smallest absolute Gasteiger partial charge is 0.185 e. The second kappa shape index (κ2) is 7.58. The Balaban J connectivity index is 2.07. The van der Waals surface area contributed by atoms with E-state index in [2.05, 4.69) is 0 Å². The highest BCUT2D eigenvalue weighted by Crippen LogP contribution is 2.19. The van der Waals surface area contributed by atoms with Crippen molar-refractivity contribution in [1.29, 1.82) is 0 Å². The van der Waals surface area contributed by atoms with Gasteiger partial charge in [0.1, 0.15) is 5.75 Å². The number of benzene rings is 2. The summed E-state index contributed by atoms with van der Waals surface area (Å²) in [5.74, 6) is 0.279. The molecule has 0 aliphatic rings. The predicted molar refractivity (Wildman–Crippen MR) is 88.5 cm³/mol. The molecular formula is C19H19FO3. The molecule has 2 aromatic carbocycles. The van der Waals surface area contributed by atoms with Crippen molar-refractivity contribution in [3.8, 4) is 11.5 Å². The van der Waals surface area contributed by atoms with Crippen LogP contribution >= 0.6 is 0 Å². The second-order valence-corrected chi connectivity index (χ2v) is 5.28. The molecule has 4 heteroatoms. The number of rotatable bonds is 6. The van der Waals surface area contributed by atoms with Crippen LogP contribution in [0.2, 0.25) is 0 Å². The topological polar surface area (TPSA) is 35.5 Å². The minimum absolute atomic E-state index is 0.0846. The minimum Gasteiger partial charge on any atom is -0.494 e. The maximum absolute atomic E-state index is 13.6. The molecule has 23 heavy (non-hydrogen) atoms. The van der Waals surface area contributed by atoms with Gasteiger partial charge in [-0.3, -0.25) is 4.79 Å². The first-order valence-corrected chi connectivity index (χ1v) is 7.32. The lowest BCUT2D eigenvalue weighted by Crippen LogP contribution is -2.05. The molecule has 0 amide bonds. The first kappa shape index (κ1) is 16.7. The monoisotopic (exact) mass is 314 g/mol. The number of halogens is 1. The molecule has 2 rings (SSSR count). The van der Waals surface area contributed by atoms with E-state index < -0.39 is 5.82 Å². The summed E-state index contributed by atoms with van der Waals surface area (Å²) >= 11 is 0. The van der Waals surface area contributed by atoms with Gasteiger partial charge in [0, 0.05) is 5.56 Å². The van der Waals surface area contributed by atoms with Crippen molar-refractivity contribution in [2.75, 3.05) is 7.11 Å². The zero-order chi connectivity index (χ0) is 16.8. The Morgan fingerprint density at radius 3 is 2.39 bits per heavy atom. The summed E-state index contributed by atoms with van der Waals surface area (Å²) in [6.45, 7) is 3.88. The fourth-order valence-electron chi connectivity index (χ4n) is 2.02. The summed E-state index contributed by atoms with van der Waals surface area (Å²) in [4.78, 5) is 12.1. The number of allylic oxidation sites excluding steroid dienone is 1. The molecule has 0 saturated heterocycles. The lowest BCUT2D eigenvalue weighted by molar-refractivity contribution is 0.104. The van der Waals surface area contributed by atoms with Crippen molar-refractivity contribution in [3.63, 3.8) is 0 Å². The lowest BCUT2D eigenvalue weighted by Gasteiger charge is -2.09. The molecule has 0 heterocycles. The van der Waals surface area contributed by atoms with Crippen LogP contribution < -0.4 is 9.47 Å². The molecule has 120 valence electrons. The van der Waals surface area contributed by atoms with E-state index in [1.54, 1.807) is 36.4 Å². The first-order chi connectivity index (χ1) is 11.0. The van der Waals surface area contributed by atoms with Crippen LogP contribution in [-0.4, -0.2) is 19.0 Å². The van der Waals surface area contributed by atoms with Crippen molar-refractivity contribution in [2.24, 2.45) is 0 Å². The van der Waals surface area contributed by atoms with Gasteiger partial charge in [0.15, 0.2) is 17.3 Å². The van der Waals surface area contributed by atoms with Crippen LogP contribution in [-0.2, 0) is 0 Å². The molecule has 0 aliphatic carbocycles. The Labute approximate surface area is 135 Å². The third-order valence-electron chi connectivity index (χ3n) is 3.11. The summed E-state index contributed by atoms with van der Waals surface area (Å²) in [7, 11) is 1.41. The number of carbonyl (C=O) groups is 1. The van der Waals surface area contributed by atoms with Gasteiger partial charge < -0.3 is 9.47 Å². The Morgan fingerprint density at radius 1 is 1.13 bits per heavy atom. The molecule has 0 N–H and O–H groups in total. The highest BCUT2D eigenvalue weighted by molar-refractivity contribution is 6.06. The Bertz CT molecular complexity index is 703. The van der Waals surface area contributed by atoms with E-state index in [0.717, 1.165) is 5.75 Å². The zero-order valence-corrected chi connectivity index (χ0v) is 13.4. The maximum atomic E-state index is 13.6. The number of ether oxygens (including phenoxy) is 2. The zero-order valence-electron chi connectivity index (χ0n) is 13.4. The van der Waals surface area contributed by atoms with E-state index in [-0.39, 0.29) is 17.6 Å². The third kappa shape index (κ3) is 4.68. The molecule has 0 aromatic heterocycles. The van der Waals surface area contributed by atoms with Crippen molar-refractivity contribution in [1.82, 2.24) is 0 Å². The lowest BCUT2D eigenvalue weighted by atomic mass is 10.1. The standard InChI is InChI=1S/C19H19FO3/c1-13(2)23-16-8-6-15(7-9-16)18(21)10-4-14-5-11-19(22-3)17(20)12-14/h4-13H,1-3H3. The van der Waals surface area contributed by atoms with Crippen molar-refractivity contribution < 1.29 is 18.7 Å². The van der Waals surface area contributed by atoms with Gasteiger partial charge in [-0.15, -0.1) is 0 Å². The molecule has 2 aromatic rings. The van der Waals surface area contributed by atoms with Gasteiger partial charge in [-0.05, 0) is 61.9 Å². The Hall–Kier alpha value is -2.62. The molecule has 3 nitrogen and oxygen atoms in total. The van der Waals surface area contributed by atoms with E-state index in [4.69, 9.17) is 9.47 Å². The quantitative estimate of drug-likeness (QED) is 0.581. The average Bonchev–Trinajstić information content (AvgIpc) is 2.53. The maximum Gasteiger partial charge on any atom is 0.185 e. The van der Waals surface area contributed by atoms with E-state index in [1.165, 1.54) is 25.3 Å². The summed E-state index contributed by atoms with van der Waals surface area (Å²) < 4.78 is 24.0. The van der Waals surface area contributed by atoms with Crippen LogP contribution in [0, 0.1) is 5.82 Å². The molecule has 0 radical (unpaired) electrons. The molecule has 0 aliphatic heterocycles. The van der Waals surface area contributed by atoms with Gasteiger partial charge in [0.25, 0.3) is 0 Å². The van der Waals surface area contributed by atoms with Gasteiger partial charge in [0.05, 0.1) is 13.2 Å². The molecule has 0 unspecified atom stereocenters. The molecule has 0 saturated carbocycles. The fraction of sp³-hybridized carbons (Fsp3) is 0.211. The van der Waals surface area contributed by atoms with Crippen molar-refractivity contribution in [3.05, 3.63) is 65.5 Å². The van der Waals surface area contributed by atoms with Gasteiger partial charge in [-0.2, -0.15) is 0 Å². The summed E-state index contributed by atoms with van der Waals surface area (Å²) in [5, 5.41) is 0. The van der Waals surface area contributed by atoms with Gasteiger partial charge in [-0.1, -0.05) is 12.1 Å². The normalized spacial score (nSPS) is 11.0. The predicted octanol–water partition coefficient (Wildman–Crippen LogP) is 4.52. The van der Waals surface area contributed by atoms with Crippen LogP contribution in [0.15, 0.2) is 48.5 Å². The van der Waals surface area contributed by atoms with Crippen LogP contribution in [0.4, 0.5) is 4.39 Å². The molecule has 0 fully saturated rings. The molecule has 0 atom stereocenters. The van der Waals surface area contributed by atoms with Gasteiger partial charge >= 0.3 is 0 Å². The average molecular weight is 314 g/mol. The number of methoxy groups -OCH3 is 1. The van der Waals surface area contributed by atoms with Crippen molar-refractivity contribution in [2.45, 2.75) is 20.0 Å². The number of carbonyl (C=O) groups excluding carboxylic acids is 1.